The maximum atomic E-state index is 13.1. The average molecular weight is 472 g/mol. The standard InChI is InChI=1S/C24H29N3O5S/c1-18(2)32-20-9-7-19(8-10-20)26-24(28)22-17-21(11-12-23(22)31-16-6-13-25)33(29,30)27-14-4-3-5-15-27/h7-12,17-18H,3-6,14-16H2,1-2H3,(H,26,28). The van der Waals surface area contributed by atoms with Crippen LogP contribution in [0.1, 0.15) is 49.9 Å². The first-order chi connectivity index (χ1) is 15.8. The zero-order valence-electron chi connectivity index (χ0n) is 18.9. The lowest BCUT2D eigenvalue weighted by Crippen LogP contribution is -2.35. The number of piperidine rings is 1. The van der Waals surface area contributed by atoms with E-state index in [9.17, 15) is 13.2 Å². The Kier molecular flexibility index (Phi) is 8.31. The molecule has 3 rings (SSSR count). The highest BCUT2D eigenvalue weighted by molar-refractivity contribution is 7.89. The van der Waals surface area contributed by atoms with Crippen LogP contribution in [-0.4, -0.2) is 44.4 Å². The van der Waals surface area contributed by atoms with Gasteiger partial charge in [0.1, 0.15) is 18.1 Å². The second kappa shape index (κ2) is 11.2. The van der Waals surface area contributed by atoms with Gasteiger partial charge in [-0.15, -0.1) is 0 Å². The summed E-state index contributed by atoms with van der Waals surface area (Å²) in [6.07, 6.45) is 2.82. The van der Waals surface area contributed by atoms with Crippen LogP contribution >= 0.6 is 0 Å². The van der Waals surface area contributed by atoms with Crippen LogP contribution in [0.2, 0.25) is 0 Å². The predicted molar refractivity (Wildman–Crippen MR) is 125 cm³/mol. The van der Waals surface area contributed by atoms with Crippen molar-refractivity contribution in [2.24, 2.45) is 0 Å². The minimum Gasteiger partial charge on any atom is -0.492 e. The van der Waals surface area contributed by atoms with Gasteiger partial charge in [-0.1, -0.05) is 6.42 Å². The van der Waals surface area contributed by atoms with Gasteiger partial charge in [0.05, 0.1) is 29.1 Å². The van der Waals surface area contributed by atoms with E-state index in [1.807, 2.05) is 19.9 Å². The Morgan fingerprint density at radius 2 is 1.82 bits per heavy atom. The topological polar surface area (TPSA) is 109 Å². The van der Waals surface area contributed by atoms with Gasteiger partial charge in [0.25, 0.3) is 5.91 Å². The average Bonchev–Trinajstić information content (AvgIpc) is 2.81. The number of anilines is 1. The monoisotopic (exact) mass is 471 g/mol. The molecule has 1 heterocycles. The number of sulfonamides is 1. The van der Waals surface area contributed by atoms with E-state index in [1.165, 1.54) is 22.5 Å². The van der Waals surface area contributed by atoms with Crippen molar-refractivity contribution >= 4 is 21.6 Å². The molecule has 1 N–H and O–H groups in total. The molecule has 1 fully saturated rings. The van der Waals surface area contributed by atoms with Crippen LogP contribution in [0.25, 0.3) is 0 Å². The van der Waals surface area contributed by atoms with Crippen LogP contribution in [-0.2, 0) is 10.0 Å². The summed E-state index contributed by atoms with van der Waals surface area (Å²) >= 11 is 0. The SMILES string of the molecule is CC(C)Oc1ccc(NC(=O)c2cc(S(=O)(=O)N3CCCCC3)ccc2OCCC#N)cc1. The second-order valence-corrected chi connectivity index (χ2v) is 9.96. The maximum absolute atomic E-state index is 13.1. The van der Waals surface area contributed by atoms with E-state index in [1.54, 1.807) is 24.3 Å². The third-order valence-electron chi connectivity index (χ3n) is 5.10. The van der Waals surface area contributed by atoms with Gasteiger partial charge in [-0.05, 0) is 69.2 Å². The van der Waals surface area contributed by atoms with E-state index < -0.39 is 15.9 Å². The minimum atomic E-state index is -3.72. The summed E-state index contributed by atoms with van der Waals surface area (Å²) < 4.78 is 38.9. The lowest BCUT2D eigenvalue weighted by molar-refractivity contribution is 0.102. The van der Waals surface area contributed by atoms with Crippen LogP contribution in [0.5, 0.6) is 11.5 Å². The molecule has 2 aromatic carbocycles. The second-order valence-electron chi connectivity index (χ2n) is 8.02. The van der Waals surface area contributed by atoms with Crippen molar-refractivity contribution in [1.82, 2.24) is 4.31 Å². The number of carbonyl (C=O) groups is 1. The number of nitrogens with one attached hydrogen (secondary N) is 1. The highest BCUT2D eigenvalue weighted by atomic mass is 32.2. The quantitative estimate of drug-likeness (QED) is 0.549. The van der Waals surface area contributed by atoms with Crippen molar-refractivity contribution in [3.05, 3.63) is 48.0 Å². The van der Waals surface area contributed by atoms with Crippen molar-refractivity contribution in [2.75, 3.05) is 25.0 Å². The van der Waals surface area contributed by atoms with Gasteiger partial charge in [0.2, 0.25) is 10.0 Å². The van der Waals surface area contributed by atoms with Gasteiger partial charge in [0, 0.05) is 18.8 Å². The Morgan fingerprint density at radius 1 is 1.12 bits per heavy atom. The number of nitrogens with zero attached hydrogens (tertiary/aromatic N) is 2. The fourth-order valence-electron chi connectivity index (χ4n) is 3.52. The number of nitriles is 1. The molecule has 2 aromatic rings. The van der Waals surface area contributed by atoms with Gasteiger partial charge in [-0.25, -0.2) is 8.42 Å². The van der Waals surface area contributed by atoms with Crippen LogP contribution in [0.3, 0.4) is 0 Å². The molecule has 1 amide bonds. The fourth-order valence-corrected chi connectivity index (χ4v) is 5.07. The summed E-state index contributed by atoms with van der Waals surface area (Å²) in [7, 11) is -3.72. The summed E-state index contributed by atoms with van der Waals surface area (Å²) in [5.74, 6) is 0.397. The van der Waals surface area contributed by atoms with Gasteiger partial charge in [-0.3, -0.25) is 4.79 Å². The van der Waals surface area contributed by atoms with Crippen molar-refractivity contribution in [3.63, 3.8) is 0 Å². The van der Waals surface area contributed by atoms with E-state index in [4.69, 9.17) is 14.7 Å². The van der Waals surface area contributed by atoms with Crippen LogP contribution in [0, 0.1) is 11.3 Å². The summed E-state index contributed by atoms with van der Waals surface area (Å²) in [5.41, 5.74) is 0.622. The van der Waals surface area contributed by atoms with E-state index in [0.29, 0.717) is 24.5 Å². The first-order valence-electron chi connectivity index (χ1n) is 11.0. The number of hydrogen-bond acceptors (Lipinski definition) is 6. The number of benzene rings is 2. The molecule has 8 nitrogen and oxygen atoms in total. The lowest BCUT2D eigenvalue weighted by Gasteiger charge is -2.26. The molecule has 33 heavy (non-hydrogen) atoms. The highest BCUT2D eigenvalue weighted by Gasteiger charge is 2.27. The molecule has 1 aliphatic heterocycles. The van der Waals surface area contributed by atoms with E-state index in [-0.39, 0.29) is 35.3 Å². The highest BCUT2D eigenvalue weighted by Crippen LogP contribution is 2.28. The number of ether oxygens (including phenoxy) is 2. The molecule has 0 saturated carbocycles. The van der Waals surface area contributed by atoms with E-state index in [2.05, 4.69) is 5.32 Å². The zero-order chi connectivity index (χ0) is 23.8. The Bertz CT molecular complexity index is 1100. The molecular weight excluding hydrogens is 442 g/mol. The number of carbonyl (C=O) groups excluding carboxylic acids is 1. The van der Waals surface area contributed by atoms with Crippen molar-refractivity contribution < 1.29 is 22.7 Å². The first-order valence-corrected chi connectivity index (χ1v) is 12.5. The molecule has 9 heteroatoms. The largest absolute Gasteiger partial charge is 0.492 e. The first kappa shape index (κ1) is 24.6. The van der Waals surface area contributed by atoms with Gasteiger partial charge >= 0.3 is 0 Å². The summed E-state index contributed by atoms with van der Waals surface area (Å²) in [5, 5.41) is 11.6. The van der Waals surface area contributed by atoms with E-state index >= 15 is 0 Å². The van der Waals surface area contributed by atoms with Gasteiger partial charge in [0.15, 0.2) is 0 Å². The normalized spacial score (nSPS) is 14.5. The van der Waals surface area contributed by atoms with Gasteiger partial charge < -0.3 is 14.8 Å². The van der Waals surface area contributed by atoms with Crippen molar-refractivity contribution in [1.29, 1.82) is 5.26 Å². The smallest absolute Gasteiger partial charge is 0.259 e. The molecule has 0 aliphatic carbocycles. The van der Waals surface area contributed by atoms with Crippen molar-refractivity contribution in [3.8, 4) is 17.6 Å². The molecule has 1 aliphatic rings. The molecule has 0 radical (unpaired) electrons. The Hall–Kier alpha value is -3.09. The zero-order valence-corrected chi connectivity index (χ0v) is 19.7. The minimum absolute atomic E-state index is 0.0307. The summed E-state index contributed by atoms with van der Waals surface area (Å²) in [6, 6.07) is 13.2. The number of amides is 1. The third-order valence-corrected chi connectivity index (χ3v) is 7.00. The summed E-state index contributed by atoms with van der Waals surface area (Å²) in [6.45, 7) is 4.88. The molecule has 0 aromatic heterocycles. The Labute approximate surface area is 195 Å². The molecular formula is C24H29N3O5S. The maximum Gasteiger partial charge on any atom is 0.259 e. The molecule has 0 spiro atoms. The third kappa shape index (κ3) is 6.46. The van der Waals surface area contributed by atoms with Crippen LogP contribution < -0.4 is 14.8 Å². The van der Waals surface area contributed by atoms with Gasteiger partial charge in [-0.2, -0.15) is 9.57 Å². The molecule has 176 valence electrons. The number of rotatable bonds is 9. The lowest BCUT2D eigenvalue weighted by atomic mass is 10.1. The molecule has 0 atom stereocenters. The summed E-state index contributed by atoms with van der Waals surface area (Å²) in [4.78, 5) is 13.1. The van der Waals surface area contributed by atoms with E-state index in [0.717, 1.165) is 19.3 Å². The Balaban J connectivity index is 1.87. The predicted octanol–water partition coefficient (Wildman–Crippen LogP) is 4.19. The van der Waals surface area contributed by atoms with Crippen LogP contribution in [0.4, 0.5) is 5.69 Å². The molecule has 0 unspecified atom stereocenters. The Morgan fingerprint density at radius 3 is 2.45 bits per heavy atom. The fraction of sp³-hybridized carbons (Fsp3) is 0.417. The van der Waals surface area contributed by atoms with Crippen LogP contribution in [0.15, 0.2) is 47.4 Å². The van der Waals surface area contributed by atoms with Crippen molar-refractivity contribution in [2.45, 2.75) is 50.5 Å². The molecule has 1 saturated heterocycles. The molecule has 0 bridgehead atoms. The number of hydrogen-bond donors (Lipinski definition) is 1.